The van der Waals surface area contributed by atoms with Gasteiger partial charge in [0.1, 0.15) is 0 Å². The van der Waals surface area contributed by atoms with Gasteiger partial charge < -0.3 is 15.3 Å². The first-order valence-corrected chi connectivity index (χ1v) is 9.86. The zero-order valence-electron chi connectivity index (χ0n) is 16.5. The van der Waals surface area contributed by atoms with E-state index in [0.29, 0.717) is 29.9 Å². The Morgan fingerprint density at radius 2 is 1.68 bits per heavy atom. The molecule has 2 aromatic rings. The monoisotopic (exact) mass is 376 g/mol. The van der Waals surface area contributed by atoms with Crippen LogP contribution in [0.2, 0.25) is 0 Å². The molecule has 1 aliphatic carbocycles. The summed E-state index contributed by atoms with van der Waals surface area (Å²) in [4.78, 5) is 0. The zero-order valence-corrected chi connectivity index (χ0v) is 16.5. The molecule has 0 spiro atoms. The first kappa shape index (κ1) is 19.8. The van der Waals surface area contributed by atoms with Gasteiger partial charge >= 0.3 is 0 Å². The highest BCUT2D eigenvalue weighted by molar-refractivity contribution is 5.59. The fourth-order valence-corrected chi connectivity index (χ4v) is 3.47. The Morgan fingerprint density at radius 3 is 2.43 bits per heavy atom. The van der Waals surface area contributed by atoms with Gasteiger partial charge in [0, 0.05) is 24.0 Å². The molecule has 1 unspecified atom stereocenters. The van der Waals surface area contributed by atoms with Crippen molar-refractivity contribution in [2.24, 2.45) is 0 Å². The first-order chi connectivity index (χ1) is 13.5. The lowest BCUT2D eigenvalue weighted by Gasteiger charge is -2.15. The van der Waals surface area contributed by atoms with E-state index in [4.69, 9.17) is 0 Å². The smallest absolute Gasteiger partial charge is 0.200 e. The second-order valence-corrected chi connectivity index (χ2v) is 7.45. The molecule has 3 N–H and O–H groups in total. The summed E-state index contributed by atoms with van der Waals surface area (Å²) in [5.74, 6) is -0.467. The molecule has 0 aromatic heterocycles. The largest absolute Gasteiger partial charge is 0.504 e. The van der Waals surface area contributed by atoms with Crippen LogP contribution in [0.4, 0.5) is 0 Å². The van der Waals surface area contributed by atoms with E-state index in [1.54, 1.807) is 6.07 Å². The van der Waals surface area contributed by atoms with E-state index in [-0.39, 0.29) is 11.5 Å². The minimum Gasteiger partial charge on any atom is -0.504 e. The van der Waals surface area contributed by atoms with Crippen LogP contribution >= 0.6 is 0 Å². The average Bonchev–Trinajstić information content (AvgIpc) is 2.98. The second kappa shape index (κ2) is 8.83. The SMILES string of the molecule is CCC(C)c1cccc(Cc2cc(CC3=CCC=CC=C3)c(O)c(O)c2O)c1. The maximum atomic E-state index is 10.4. The summed E-state index contributed by atoms with van der Waals surface area (Å²) in [6.45, 7) is 4.36. The van der Waals surface area contributed by atoms with Crippen LogP contribution < -0.4 is 0 Å². The maximum Gasteiger partial charge on any atom is 0.200 e. The molecule has 1 aliphatic rings. The number of rotatable bonds is 6. The predicted octanol–water partition coefficient (Wildman–Crippen LogP) is 5.89. The van der Waals surface area contributed by atoms with Gasteiger partial charge in [-0.05, 0) is 41.5 Å². The van der Waals surface area contributed by atoms with Crippen molar-refractivity contribution in [1.82, 2.24) is 0 Å². The number of aromatic hydroxyl groups is 3. The van der Waals surface area contributed by atoms with E-state index < -0.39 is 5.75 Å². The minimum atomic E-state index is -0.443. The summed E-state index contributed by atoms with van der Waals surface area (Å²) in [6, 6.07) is 10.1. The first-order valence-electron chi connectivity index (χ1n) is 9.86. The lowest BCUT2D eigenvalue weighted by molar-refractivity contribution is 0.363. The van der Waals surface area contributed by atoms with Crippen LogP contribution in [0.1, 0.15) is 54.9 Å². The highest BCUT2D eigenvalue weighted by Gasteiger charge is 2.18. The van der Waals surface area contributed by atoms with Gasteiger partial charge in [0.15, 0.2) is 11.5 Å². The summed E-state index contributed by atoms with van der Waals surface area (Å²) in [5.41, 5.74) is 4.63. The van der Waals surface area contributed by atoms with Gasteiger partial charge in [0.2, 0.25) is 5.75 Å². The average molecular weight is 376 g/mol. The highest BCUT2D eigenvalue weighted by atomic mass is 16.3. The Labute approximate surface area is 167 Å². The number of hydrogen-bond acceptors (Lipinski definition) is 3. The Hall–Kier alpha value is -2.94. The summed E-state index contributed by atoms with van der Waals surface area (Å²) in [7, 11) is 0. The van der Waals surface area contributed by atoms with Crippen molar-refractivity contribution < 1.29 is 15.3 Å². The van der Waals surface area contributed by atoms with Crippen molar-refractivity contribution in [2.75, 3.05) is 0 Å². The maximum absolute atomic E-state index is 10.4. The van der Waals surface area contributed by atoms with Gasteiger partial charge in [0.25, 0.3) is 0 Å². The quantitative estimate of drug-likeness (QED) is 0.551. The fourth-order valence-electron chi connectivity index (χ4n) is 3.47. The molecule has 0 amide bonds. The van der Waals surface area contributed by atoms with Gasteiger partial charge in [-0.3, -0.25) is 0 Å². The van der Waals surface area contributed by atoms with Gasteiger partial charge in [-0.25, -0.2) is 0 Å². The van der Waals surface area contributed by atoms with Crippen LogP contribution in [0, 0.1) is 0 Å². The molecular formula is C25H28O3. The summed E-state index contributed by atoms with van der Waals surface area (Å²) in [6.07, 6.45) is 13.0. The van der Waals surface area contributed by atoms with E-state index in [1.165, 1.54) is 5.56 Å². The fraction of sp³-hybridized carbons (Fsp3) is 0.280. The molecule has 1 atom stereocenters. The third-order valence-corrected chi connectivity index (χ3v) is 5.40. The third-order valence-electron chi connectivity index (χ3n) is 5.40. The van der Waals surface area contributed by atoms with E-state index in [1.807, 2.05) is 30.4 Å². The molecule has 2 aromatic carbocycles. The zero-order chi connectivity index (χ0) is 20.1. The lowest BCUT2D eigenvalue weighted by atomic mass is 9.93. The van der Waals surface area contributed by atoms with E-state index in [0.717, 1.165) is 24.0 Å². The normalized spacial score (nSPS) is 14.6. The molecular weight excluding hydrogens is 348 g/mol. The van der Waals surface area contributed by atoms with E-state index in [9.17, 15) is 15.3 Å². The molecule has 3 rings (SSSR count). The van der Waals surface area contributed by atoms with Crippen LogP contribution in [0.25, 0.3) is 0 Å². The van der Waals surface area contributed by atoms with Crippen molar-refractivity contribution in [3.63, 3.8) is 0 Å². The van der Waals surface area contributed by atoms with Crippen LogP contribution in [-0.4, -0.2) is 15.3 Å². The Morgan fingerprint density at radius 1 is 0.929 bits per heavy atom. The molecule has 0 aliphatic heterocycles. The van der Waals surface area contributed by atoms with Gasteiger partial charge in [-0.2, -0.15) is 0 Å². The predicted molar refractivity (Wildman–Crippen MR) is 114 cm³/mol. The van der Waals surface area contributed by atoms with Crippen LogP contribution in [0.5, 0.6) is 17.2 Å². The molecule has 3 heteroatoms. The Balaban J connectivity index is 1.91. The van der Waals surface area contributed by atoms with Crippen LogP contribution in [0.3, 0.4) is 0 Å². The minimum absolute atomic E-state index is 0.248. The van der Waals surface area contributed by atoms with Crippen LogP contribution in [-0.2, 0) is 12.8 Å². The molecule has 0 saturated heterocycles. The van der Waals surface area contributed by atoms with Crippen molar-refractivity contribution in [2.45, 2.75) is 45.4 Å². The van der Waals surface area contributed by atoms with Crippen LogP contribution in [0.15, 0.2) is 66.3 Å². The van der Waals surface area contributed by atoms with Crippen molar-refractivity contribution in [3.8, 4) is 17.2 Å². The molecule has 0 radical (unpaired) electrons. The third kappa shape index (κ3) is 4.48. The molecule has 0 heterocycles. The van der Waals surface area contributed by atoms with Crippen molar-refractivity contribution in [3.05, 3.63) is 88.5 Å². The molecule has 28 heavy (non-hydrogen) atoms. The Bertz CT molecular complexity index is 935. The number of benzene rings is 2. The molecule has 3 nitrogen and oxygen atoms in total. The summed E-state index contributed by atoms with van der Waals surface area (Å²) < 4.78 is 0. The highest BCUT2D eigenvalue weighted by Crippen LogP contribution is 2.42. The summed E-state index contributed by atoms with van der Waals surface area (Å²) in [5, 5.41) is 31.0. The standard InChI is InChI=1S/C25H28O3/c1-3-17(2)20-12-8-11-19(14-20)15-22-16-21(23(26)25(28)24(22)27)13-18-9-6-4-5-7-10-18/h4-6,8-12,14,16-17,26-28H,3,7,13,15H2,1-2H3. The van der Waals surface area contributed by atoms with Crippen molar-refractivity contribution >= 4 is 0 Å². The van der Waals surface area contributed by atoms with E-state index >= 15 is 0 Å². The molecule has 146 valence electrons. The lowest BCUT2D eigenvalue weighted by Crippen LogP contribution is -1.97. The topological polar surface area (TPSA) is 60.7 Å². The second-order valence-electron chi connectivity index (χ2n) is 7.45. The Kier molecular flexibility index (Phi) is 6.25. The van der Waals surface area contributed by atoms with Gasteiger partial charge in [-0.15, -0.1) is 0 Å². The number of phenolic OH excluding ortho intramolecular Hbond substituents is 3. The van der Waals surface area contributed by atoms with Gasteiger partial charge in [-0.1, -0.05) is 68.5 Å². The molecule has 0 saturated carbocycles. The number of hydrogen-bond donors (Lipinski definition) is 3. The number of allylic oxidation sites excluding steroid dienone is 6. The molecule has 0 fully saturated rings. The summed E-state index contributed by atoms with van der Waals surface area (Å²) >= 11 is 0. The van der Waals surface area contributed by atoms with Gasteiger partial charge in [0.05, 0.1) is 0 Å². The number of phenols is 3. The van der Waals surface area contributed by atoms with Crippen molar-refractivity contribution in [1.29, 1.82) is 0 Å². The molecule has 0 bridgehead atoms. The van der Waals surface area contributed by atoms with E-state index in [2.05, 4.69) is 38.1 Å².